The van der Waals surface area contributed by atoms with Gasteiger partial charge in [-0.2, -0.15) is 0 Å². The van der Waals surface area contributed by atoms with E-state index in [1.54, 1.807) is 7.11 Å². The number of aryl methyl sites for hydroxylation is 2. The molecule has 0 saturated carbocycles. The summed E-state index contributed by atoms with van der Waals surface area (Å²) in [6.45, 7) is 2.19. The lowest BCUT2D eigenvalue weighted by atomic mass is 10.0. The van der Waals surface area contributed by atoms with Crippen molar-refractivity contribution in [3.05, 3.63) is 45.8 Å². The Balaban J connectivity index is 2.20. The first-order valence-electron chi connectivity index (χ1n) is 7.42. The summed E-state index contributed by atoms with van der Waals surface area (Å²) in [6.07, 6.45) is 1.57. The molecule has 3 aromatic rings. The molecule has 2 N–H and O–H groups in total. The number of hydrogen-bond donors (Lipinski definition) is 1. The minimum atomic E-state index is -0.448. The third-order valence-corrected chi connectivity index (χ3v) is 4.83. The van der Waals surface area contributed by atoms with Crippen molar-refractivity contribution in [1.29, 1.82) is 0 Å². The first kappa shape index (κ1) is 16.2. The lowest BCUT2D eigenvalue weighted by Gasteiger charge is -2.07. The quantitative estimate of drug-likeness (QED) is 0.770. The fraction of sp³-hybridized carbons (Fsp3) is 0.235. The van der Waals surface area contributed by atoms with E-state index in [-0.39, 0.29) is 18.5 Å². The van der Waals surface area contributed by atoms with Crippen LogP contribution in [0.1, 0.15) is 11.3 Å². The molecule has 1 amide bonds. The van der Waals surface area contributed by atoms with Gasteiger partial charge in [-0.05, 0) is 24.6 Å². The van der Waals surface area contributed by atoms with Crippen molar-refractivity contribution < 1.29 is 9.53 Å². The number of nitrogens with zero attached hydrogens (tertiary/aromatic N) is 2. The van der Waals surface area contributed by atoms with Crippen LogP contribution in [0.25, 0.3) is 21.3 Å². The van der Waals surface area contributed by atoms with Crippen LogP contribution >= 0.6 is 11.3 Å². The van der Waals surface area contributed by atoms with E-state index in [0.29, 0.717) is 10.2 Å². The van der Waals surface area contributed by atoms with E-state index >= 15 is 0 Å². The van der Waals surface area contributed by atoms with Gasteiger partial charge in [-0.1, -0.05) is 12.1 Å². The molecule has 0 aliphatic carbocycles. The van der Waals surface area contributed by atoms with Gasteiger partial charge >= 0.3 is 0 Å². The Bertz CT molecular complexity index is 975. The zero-order valence-electron chi connectivity index (χ0n) is 13.4. The largest absolute Gasteiger partial charge is 0.497 e. The second-order valence-corrected chi connectivity index (χ2v) is 6.61. The number of ether oxygens (including phenoxy) is 1. The molecule has 3 rings (SSSR count). The highest BCUT2D eigenvalue weighted by Crippen LogP contribution is 2.36. The number of amides is 1. The van der Waals surface area contributed by atoms with Crippen molar-refractivity contribution in [2.24, 2.45) is 5.73 Å². The SMILES string of the molecule is COc1cccc(-c2c(C)sc3ncn(CCC(N)=O)c(=O)c23)c1. The van der Waals surface area contributed by atoms with E-state index in [2.05, 4.69) is 4.98 Å². The molecular weight excluding hydrogens is 326 g/mol. The van der Waals surface area contributed by atoms with Crippen LogP contribution in [0.15, 0.2) is 35.4 Å². The van der Waals surface area contributed by atoms with E-state index in [1.165, 1.54) is 22.2 Å². The zero-order valence-corrected chi connectivity index (χ0v) is 14.2. The summed E-state index contributed by atoms with van der Waals surface area (Å²) in [6, 6.07) is 7.59. The van der Waals surface area contributed by atoms with Gasteiger partial charge in [-0.25, -0.2) is 4.98 Å². The van der Waals surface area contributed by atoms with Crippen molar-refractivity contribution in [2.75, 3.05) is 7.11 Å². The normalized spacial score (nSPS) is 10.9. The van der Waals surface area contributed by atoms with E-state index in [1.807, 2.05) is 31.2 Å². The van der Waals surface area contributed by atoms with Gasteiger partial charge in [0.05, 0.1) is 18.8 Å². The number of methoxy groups -OCH3 is 1. The van der Waals surface area contributed by atoms with E-state index < -0.39 is 5.91 Å². The fourth-order valence-corrected chi connectivity index (χ4v) is 3.66. The molecule has 7 heteroatoms. The molecule has 124 valence electrons. The number of carbonyl (C=O) groups excluding carboxylic acids is 1. The smallest absolute Gasteiger partial charge is 0.262 e. The lowest BCUT2D eigenvalue weighted by Crippen LogP contribution is -2.23. The van der Waals surface area contributed by atoms with Crippen LogP contribution < -0.4 is 16.0 Å². The Labute approximate surface area is 142 Å². The molecule has 6 nitrogen and oxygen atoms in total. The molecule has 0 atom stereocenters. The van der Waals surface area contributed by atoms with Gasteiger partial charge in [-0.3, -0.25) is 14.2 Å². The second-order valence-electron chi connectivity index (χ2n) is 5.40. The maximum atomic E-state index is 12.8. The first-order valence-corrected chi connectivity index (χ1v) is 8.24. The number of fused-ring (bicyclic) bond motifs is 1. The highest BCUT2D eigenvalue weighted by atomic mass is 32.1. The summed E-state index contributed by atoms with van der Waals surface area (Å²) in [5.74, 6) is 0.278. The zero-order chi connectivity index (χ0) is 17.3. The van der Waals surface area contributed by atoms with Crippen molar-refractivity contribution in [3.63, 3.8) is 0 Å². The number of hydrogen-bond acceptors (Lipinski definition) is 5. The second kappa shape index (κ2) is 6.45. The molecule has 0 spiro atoms. The third kappa shape index (κ3) is 2.90. The maximum Gasteiger partial charge on any atom is 0.262 e. The number of thiophene rings is 1. The molecule has 2 heterocycles. The Morgan fingerprint density at radius 3 is 2.92 bits per heavy atom. The average Bonchev–Trinajstić information content (AvgIpc) is 2.91. The Morgan fingerprint density at radius 2 is 2.21 bits per heavy atom. The standard InChI is InChI=1S/C17H17N3O3S/c1-10-14(11-4-3-5-12(8-11)23-2)15-16(24-10)19-9-20(17(15)22)7-6-13(18)21/h3-5,8-9H,6-7H2,1-2H3,(H2,18,21). The van der Waals surface area contributed by atoms with Gasteiger partial charge in [0.1, 0.15) is 10.6 Å². The number of benzene rings is 1. The highest BCUT2D eigenvalue weighted by molar-refractivity contribution is 7.19. The molecule has 2 aromatic heterocycles. The van der Waals surface area contributed by atoms with Crippen LogP contribution in [0, 0.1) is 6.92 Å². The van der Waals surface area contributed by atoms with Gasteiger partial charge < -0.3 is 10.5 Å². The maximum absolute atomic E-state index is 12.8. The predicted octanol–water partition coefficient (Wildman–Crippen LogP) is 2.32. The van der Waals surface area contributed by atoms with Gasteiger partial charge in [0.2, 0.25) is 5.91 Å². The molecule has 0 saturated heterocycles. The molecule has 24 heavy (non-hydrogen) atoms. The fourth-order valence-electron chi connectivity index (χ4n) is 2.65. The Morgan fingerprint density at radius 1 is 1.42 bits per heavy atom. The van der Waals surface area contributed by atoms with Crippen molar-refractivity contribution in [1.82, 2.24) is 9.55 Å². The molecule has 0 fully saturated rings. The summed E-state index contributed by atoms with van der Waals surface area (Å²) in [5, 5.41) is 0.567. The van der Waals surface area contributed by atoms with Gasteiger partial charge in [0, 0.05) is 23.4 Å². The Hall–Kier alpha value is -2.67. The summed E-state index contributed by atoms with van der Waals surface area (Å²) in [4.78, 5) is 29.9. The van der Waals surface area contributed by atoms with E-state index in [0.717, 1.165) is 21.8 Å². The summed E-state index contributed by atoms with van der Waals surface area (Å²) < 4.78 is 6.71. The van der Waals surface area contributed by atoms with Crippen LogP contribution in [0.2, 0.25) is 0 Å². The predicted molar refractivity (Wildman–Crippen MR) is 94.4 cm³/mol. The highest BCUT2D eigenvalue weighted by Gasteiger charge is 2.17. The summed E-state index contributed by atoms with van der Waals surface area (Å²) in [5.41, 5.74) is 6.78. The molecule has 0 radical (unpaired) electrons. The van der Waals surface area contributed by atoms with Crippen LogP contribution in [-0.2, 0) is 11.3 Å². The number of rotatable bonds is 5. The number of nitrogens with two attached hydrogens (primary N) is 1. The van der Waals surface area contributed by atoms with Crippen LogP contribution in [0.5, 0.6) is 5.75 Å². The number of primary amides is 1. The lowest BCUT2D eigenvalue weighted by molar-refractivity contribution is -0.118. The van der Waals surface area contributed by atoms with Crippen molar-refractivity contribution >= 4 is 27.5 Å². The van der Waals surface area contributed by atoms with Crippen molar-refractivity contribution in [3.8, 4) is 16.9 Å². The molecule has 0 unspecified atom stereocenters. The van der Waals surface area contributed by atoms with Gasteiger partial charge in [0.25, 0.3) is 5.56 Å². The van der Waals surface area contributed by atoms with Gasteiger partial charge in [-0.15, -0.1) is 11.3 Å². The van der Waals surface area contributed by atoms with Gasteiger partial charge in [0.15, 0.2) is 0 Å². The molecule has 0 aliphatic rings. The number of aromatic nitrogens is 2. The average molecular weight is 343 g/mol. The summed E-state index contributed by atoms with van der Waals surface area (Å²) >= 11 is 1.48. The van der Waals surface area contributed by atoms with Crippen molar-refractivity contribution in [2.45, 2.75) is 19.9 Å². The van der Waals surface area contributed by atoms with Crippen LogP contribution in [0.3, 0.4) is 0 Å². The van der Waals surface area contributed by atoms with E-state index in [4.69, 9.17) is 10.5 Å². The van der Waals surface area contributed by atoms with E-state index in [9.17, 15) is 9.59 Å². The molecule has 1 aromatic carbocycles. The summed E-state index contributed by atoms with van der Waals surface area (Å²) in [7, 11) is 1.61. The molecule has 0 bridgehead atoms. The molecular formula is C17H17N3O3S. The Kier molecular flexibility index (Phi) is 4.35. The topological polar surface area (TPSA) is 87.2 Å². The van der Waals surface area contributed by atoms with Crippen LogP contribution in [0.4, 0.5) is 0 Å². The number of carbonyl (C=O) groups is 1. The third-order valence-electron chi connectivity index (χ3n) is 3.81. The minimum absolute atomic E-state index is 0.102. The monoisotopic (exact) mass is 343 g/mol. The first-order chi connectivity index (χ1) is 11.5. The minimum Gasteiger partial charge on any atom is -0.497 e. The van der Waals surface area contributed by atoms with Crippen LogP contribution in [-0.4, -0.2) is 22.6 Å². The molecule has 0 aliphatic heterocycles.